The summed E-state index contributed by atoms with van der Waals surface area (Å²) in [5.74, 6) is 0. The molecule has 0 aromatic heterocycles. The molecule has 0 nitrogen and oxygen atoms in total. The third-order valence-electron chi connectivity index (χ3n) is 0.665. The molecule has 0 bridgehead atoms. The summed E-state index contributed by atoms with van der Waals surface area (Å²) in [6.45, 7) is 3.67. The van der Waals surface area contributed by atoms with Crippen molar-refractivity contribution in [3.63, 3.8) is 0 Å². The van der Waals surface area contributed by atoms with E-state index >= 15 is 0 Å². The van der Waals surface area contributed by atoms with Crippen LogP contribution in [0.3, 0.4) is 0 Å². The van der Waals surface area contributed by atoms with Crippen LogP contribution in [0.25, 0.3) is 0 Å². The molecule has 1 atom stereocenters. The summed E-state index contributed by atoms with van der Waals surface area (Å²) >= 11 is 2.13. The summed E-state index contributed by atoms with van der Waals surface area (Å²) in [6, 6.07) is 0. The Kier molecular flexibility index (Phi) is 4.23. The Bertz CT molecular complexity index is 44.8. The van der Waals surface area contributed by atoms with E-state index < -0.39 is 0 Å². The number of allylic oxidation sites excluding steroid dienone is 1. The molecule has 0 radical (unpaired) electrons. The van der Waals surface area contributed by atoms with Gasteiger partial charge >= 0.3 is 53.1 Å². The number of hydrogen-bond donors (Lipinski definition) is 0. The molecule has 0 heterocycles. The van der Waals surface area contributed by atoms with Gasteiger partial charge in [-0.2, -0.15) is 0 Å². The topological polar surface area (TPSA) is 0 Å². The van der Waals surface area contributed by atoms with Crippen LogP contribution in [0.5, 0.6) is 0 Å². The van der Waals surface area contributed by atoms with Gasteiger partial charge in [0.05, 0.1) is 0 Å². The summed E-state index contributed by atoms with van der Waals surface area (Å²) in [5, 5.41) is 0. The Morgan fingerprint density at radius 3 is 2.50 bits per heavy atom. The summed E-state index contributed by atoms with van der Waals surface area (Å²) < 4.78 is 0. The molecule has 0 aliphatic rings. The molecule has 0 N–H and O–H groups in total. The predicted molar refractivity (Wildman–Crippen MR) is 28.7 cm³/mol. The molecule has 0 saturated carbocycles. The molecular weight excluding hydrogens is 172 g/mol. The van der Waals surface area contributed by atoms with Crippen molar-refractivity contribution in [1.29, 1.82) is 0 Å². The molecular formula is C4H9MoSi. The second-order valence-electron chi connectivity index (χ2n) is 1.38. The van der Waals surface area contributed by atoms with E-state index in [0.29, 0.717) is 0 Å². The van der Waals surface area contributed by atoms with Crippen molar-refractivity contribution in [2.75, 3.05) is 0 Å². The molecule has 0 saturated heterocycles. The van der Waals surface area contributed by atoms with Crippen molar-refractivity contribution in [2.24, 2.45) is 0 Å². The average molecular weight is 181 g/mol. The fraction of sp³-hybridized carbons (Fsp3) is 0.500. The van der Waals surface area contributed by atoms with Gasteiger partial charge in [0, 0.05) is 0 Å². The Morgan fingerprint density at radius 1 is 2.00 bits per heavy atom. The maximum atomic E-state index is 3.67. The third kappa shape index (κ3) is 2.86. The van der Waals surface area contributed by atoms with Gasteiger partial charge in [0.2, 0.25) is 0 Å². The minimum absolute atomic E-state index is 0.842. The fourth-order valence-corrected chi connectivity index (χ4v) is 0.403. The first-order valence-corrected chi connectivity index (χ1v) is 4.59. The molecule has 0 fully saturated rings. The van der Waals surface area contributed by atoms with Crippen molar-refractivity contribution in [2.45, 2.75) is 10.4 Å². The first kappa shape index (κ1) is 6.65. The van der Waals surface area contributed by atoms with Crippen LogP contribution in [0.1, 0.15) is 0 Å². The quantitative estimate of drug-likeness (QED) is 0.424. The van der Waals surface area contributed by atoms with E-state index in [1.807, 2.05) is 6.08 Å². The van der Waals surface area contributed by atoms with Crippen molar-refractivity contribution in [3.05, 3.63) is 12.7 Å². The zero-order valence-corrected chi connectivity index (χ0v) is 7.98. The SMILES string of the molecule is C=CC([SiH3])[CH2][Mo]. The molecule has 6 heavy (non-hydrogen) atoms. The first-order chi connectivity index (χ1) is 2.81. The molecule has 0 spiro atoms. The Balaban J connectivity index is 2.96. The van der Waals surface area contributed by atoms with Gasteiger partial charge in [-0.3, -0.25) is 0 Å². The van der Waals surface area contributed by atoms with Gasteiger partial charge in [-0.25, -0.2) is 0 Å². The minimum atomic E-state index is 0.842. The zero-order valence-electron chi connectivity index (χ0n) is 3.98. The van der Waals surface area contributed by atoms with Gasteiger partial charge in [0.15, 0.2) is 0 Å². The Hall–Kier alpha value is 0.645. The van der Waals surface area contributed by atoms with Crippen LogP contribution in [0.4, 0.5) is 0 Å². The standard InChI is InChI=1S/C4H9Si.Mo/c1-3-4(2)5;/h3-4H,1-2H2,5H3;. The van der Waals surface area contributed by atoms with Gasteiger partial charge in [-0.05, 0) is 0 Å². The van der Waals surface area contributed by atoms with Crippen LogP contribution in [0, 0.1) is 0 Å². The van der Waals surface area contributed by atoms with Crippen LogP contribution in [-0.4, -0.2) is 10.2 Å². The molecule has 0 rings (SSSR count). The van der Waals surface area contributed by atoms with E-state index in [0.717, 1.165) is 5.54 Å². The van der Waals surface area contributed by atoms with E-state index in [1.54, 1.807) is 0 Å². The van der Waals surface area contributed by atoms with Gasteiger partial charge < -0.3 is 0 Å². The number of hydrogen-bond acceptors (Lipinski definition) is 0. The molecule has 0 aromatic rings. The molecule has 0 aliphatic heterocycles. The maximum absolute atomic E-state index is 3.67. The average Bonchev–Trinajstić information content (AvgIpc) is 1.65. The molecule has 0 amide bonds. The van der Waals surface area contributed by atoms with Crippen molar-refractivity contribution < 1.29 is 19.8 Å². The predicted octanol–water partition coefficient (Wildman–Crippen LogP) is 0.291. The van der Waals surface area contributed by atoms with Crippen molar-refractivity contribution in [3.8, 4) is 0 Å². The van der Waals surface area contributed by atoms with Gasteiger partial charge in [0.1, 0.15) is 0 Å². The summed E-state index contributed by atoms with van der Waals surface area (Å²) in [5.41, 5.74) is 0.842. The molecule has 1 unspecified atom stereocenters. The molecule has 35 valence electrons. The van der Waals surface area contributed by atoms with E-state index in [1.165, 1.54) is 15.1 Å². The van der Waals surface area contributed by atoms with Crippen LogP contribution >= 0.6 is 0 Å². The molecule has 0 aromatic carbocycles. The Labute approximate surface area is 53.3 Å². The second-order valence-corrected chi connectivity index (χ2v) is 3.68. The second kappa shape index (κ2) is 3.82. The van der Waals surface area contributed by atoms with E-state index in [9.17, 15) is 0 Å². The van der Waals surface area contributed by atoms with E-state index in [2.05, 4.69) is 26.4 Å². The third-order valence-corrected chi connectivity index (χ3v) is 4.40. The van der Waals surface area contributed by atoms with Crippen LogP contribution in [-0.2, 0) is 19.8 Å². The molecule has 2 heteroatoms. The Morgan fingerprint density at radius 2 is 2.50 bits per heavy atom. The van der Waals surface area contributed by atoms with Gasteiger partial charge in [-0.1, -0.05) is 0 Å². The monoisotopic (exact) mass is 183 g/mol. The summed E-state index contributed by atoms with van der Waals surface area (Å²) in [7, 11) is 1.27. The van der Waals surface area contributed by atoms with Crippen LogP contribution < -0.4 is 0 Å². The first-order valence-electron chi connectivity index (χ1n) is 2.02. The van der Waals surface area contributed by atoms with Crippen LogP contribution in [0.2, 0.25) is 10.4 Å². The molecule has 0 aliphatic carbocycles. The normalized spacial score (nSPS) is 14.0. The summed E-state index contributed by atoms with van der Waals surface area (Å²) in [6.07, 6.45) is 2.04. The van der Waals surface area contributed by atoms with E-state index in [-0.39, 0.29) is 0 Å². The number of rotatable bonds is 2. The van der Waals surface area contributed by atoms with E-state index in [4.69, 9.17) is 0 Å². The summed E-state index contributed by atoms with van der Waals surface area (Å²) in [4.78, 5) is 1.28. The van der Waals surface area contributed by atoms with Crippen molar-refractivity contribution >= 4 is 10.2 Å². The van der Waals surface area contributed by atoms with Crippen LogP contribution in [0.15, 0.2) is 12.7 Å². The van der Waals surface area contributed by atoms with Crippen molar-refractivity contribution in [1.82, 2.24) is 0 Å². The van der Waals surface area contributed by atoms with Gasteiger partial charge in [0.25, 0.3) is 0 Å². The fourth-order valence-electron chi connectivity index (χ4n) is 0.0680. The zero-order chi connectivity index (χ0) is 4.99. The van der Waals surface area contributed by atoms with Gasteiger partial charge in [-0.15, -0.1) is 0 Å².